The third-order valence-corrected chi connectivity index (χ3v) is 5.49. The number of hydrogen-bond acceptors (Lipinski definition) is 6. The molecule has 0 aliphatic carbocycles. The Labute approximate surface area is 194 Å². The van der Waals surface area contributed by atoms with Crippen LogP contribution in [0.2, 0.25) is 0 Å². The number of amides is 2. The molecule has 2 aromatic carbocycles. The van der Waals surface area contributed by atoms with Crippen molar-refractivity contribution < 1.29 is 23.8 Å². The topological polar surface area (TPSA) is 98.2 Å². The first-order valence-electron chi connectivity index (χ1n) is 10.9. The minimum atomic E-state index is -0.761. The second kappa shape index (κ2) is 10.4. The molecule has 0 fully saturated rings. The van der Waals surface area contributed by atoms with E-state index in [0.29, 0.717) is 17.1 Å². The van der Waals surface area contributed by atoms with E-state index in [9.17, 15) is 9.59 Å². The lowest BCUT2D eigenvalue weighted by atomic mass is 9.97. The van der Waals surface area contributed by atoms with Crippen LogP contribution in [0.15, 0.2) is 35.4 Å². The molecular formula is C25H31N3O5. The van der Waals surface area contributed by atoms with Crippen LogP contribution in [0.5, 0.6) is 17.2 Å². The van der Waals surface area contributed by atoms with Gasteiger partial charge in [0, 0.05) is 5.56 Å². The summed E-state index contributed by atoms with van der Waals surface area (Å²) in [6.45, 7) is 9.98. The fraction of sp³-hybridized carbons (Fsp3) is 0.400. The summed E-state index contributed by atoms with van der Waals surface area (Å²) in [5.41, 5.74) is 5.86. The van der Waals surface area contributed by atoms with Crippen LogP contribution in [0.1, 0.15) is 60.7 Å². The van der Waals surface area contributed by atoms with Crippen LogP contribution in [0, 0.1) is 12.8 Å². The van der Waals surface area contributed by atoms with Gasteiger partial charge in [-0.25, -0.2) is 5.43 Å². The van der Waals surface area contributed by atoms with Gasteiger partial charge in [-0.05, 0) is 65.8 Å². The molecule has 0 saturated carbocycles. The van der Waals surface area contributed by atoms with Crippen molar-refractivity contribution in [2.24, 2.45) is 11.0 Å². The highest BCUT2D eigenvalue weighted by Gasteiger charge is 2.25. The monoisotopic (exact) mass is 453 g/mol. The Morgan fingerprint density at radius 3 is 2.48 bits per heavy atom. The highest BCUT2D eigenvalue weighted by atomic mass is 16.7. The molecule has 2 amide bonds. The molecule has 0 bridgehead atoms. The van der Waals surface area contributed by atoms with Crippen molar-refractivity contribution in [2.75, 3.05) is 13.9 Å². The van der Waals surface area contributed by atoms with Crippen molar-refractivity contribution in [2.45, 2.75) is 46.6 Å². The number of rotatable bonds is 8. The summed E-state index contributed by atoms with van der Waals surface area (Å²) in [4.78, 5) is 25.5. The predicted molar refractivity (Wildman–Crippen MR) is 126 cm³/mol. The summed E-state index contributed by atoms with van der Waals surface area (Å²) in [5, 5.41) is 6.92. The number of methoxy groups -OCH3 is 1. The lowest BCUT2D eigenvalue weighted by Gasteiger charge is -2.20. The summed E-state index contributed by atoms with van der Waals surface area (Å²) in [6.07, 6.45) is 1.61. The highest BCUT2D eigenvalue weighted by Crippen LogP contribution is 2.32. The second-order valence-electron chi connectivity index (χ2n) is 8.60. The van der Waals surface area contributed by atoms with E-state index in [0.717, 1.165) is 22.4 Å². The maximum absolute atomic E-state index is 12.8. The van der Waals surface area contributed by atoms with Gasteiger partial charge in [0.1, 0.15) is 11.8 Å². The predicted octanol–water partition coefficient (Wildman–Crippen LogP) is 3.76. The van der Waals surface area contributed by atoms with E-state index in [1.165, 1.54) is 0 Å². The minimum absolute atomic E-state index is 0.127. The second-order valence-corrected chi connectivity index (χ2v) is 8.60. The van der Waals surface area contributed by atoms with Gasteiger partial charge in [0.25, 0.3) is 11.8 Å². The maximum atomic E-state index is 12.8. The van der Waals surface area contributed by atoms with Crippen LogP contribution in [0.3, 0.4) is 0 Å². The molecule has 2 aromatic rings. The molecular weight excluding hydrogens is 422 g/mol. The number of carbonyl (C=O) groups excluding carboxylic acids is 2. The zero-order valence-electron chi connectivity index (χ0n) is 19.9. The number of fused-ring (bicyclic) bond motifs is 1. The van der Waals surface area contributed by atoms with Gasteiger partial charge < -0.3 is 19.5 Å². The third-order valence-electron chi connectivity index (χ3n) is 5.49. The molecule has 1 atom stereocenters. The Balaban J connectivity index is 1.69. The van der Waals surface area contributed by atoms with Gasteiger partial charge in [-0.2, -0.15) is 5.10 Å². The van der Waals surface area contributed by atoms with E-state index < -0.39 is 11.9 Å². The number of ether oxygens (including phenoxy) is 3. The van der Waals surface area contributed by atoms with Crippen molar-refractivity contribution in [3.63, 3.8) is 0 Å². The first-order valence-corrected chi connectivity index (χ1v) is 10.9. The average Bonchev–Trinajstić information content (AvgIpc) is 3.25. The lowest BCUT2D eigenvalue weighted by molar-refractivity contribution is -0.123. The molecule has 0 aromatic heterocycles. The van der Waals surface area contributed by atoms with Crippen LogP contribution in [-0.4, -0.2) is 38.0 Å². The molecule has 1 aliphatic rings. The lowest BCUT2D eigenvalue weighted by Crippen LogP contribution is -2.48. The first kappa shape index (κ1) is 24.1. The molecule has 2 N–H and O–H groups in total. The molecule has 3 rings (SSSR count). The Kier molecular flexibility index (Phi) is 7.58. The number of hydrogen-bond donors (Lipinski definition) is 2. The molecule has 1 heterocycles. The number of hydrazone groups is 1. The van der Waals surface area contributed by atoms with Gasteiger partial charge >= 0.3 is 0 Å². The van der Waals surface area contributed by atoms with Gasteiger partial charge in [0.05, 0.1) is 13.3 Å². The summed E-state index contributed by atoms with van der Waals surface area (Å²) in [5.74, 6) is 1.29. The van der Waals surface area contributed by atoms with Gasteiger partial charge in [-0.3, -0.25) is 9.59 Å². The average molecular weight is 454 g/mol. The Morgan fingerprint density at radius 2 is 1.82 bits per heavy atom. The summed E-state index contributed by atoms with van der Waals surface area (Å²) in [7, 11) is 1.65. The van der Waals surface area contributed by atoms with E-state index in [1.54, 1.807) is 31.5 Å². The van der Waals surface area contributed by atoms with Crippen molar-refractivity contribution in [1.29, 1.82) is 0 Å². The third kappa shape index (κ3) is 5.63. The van der Waals surface area contributed by atoms with Crippen LogP contribution in [0.25, 0.3) is 0 Å². The van der Waals surface area contributed by atoms with E-state index >= 15 is 0 Å². The van der Waals surface area contributed by atoms with Gasteiger partial charge in [0.15, 0.2) is 11.5 Å². The van der Waals surface area contributed by atoms with Crippen LogP contribution < -0.4 is 25.0 Å². The Hall–Kier alpha value is -3.55. The molecule has 0 saturated heterocycles. The maximum Gasteiger partial charge on any atom is 0.262 e. The molecule has 176 valence electrons. The summed E-state index contributed by atoms with van der Waals surface area (Å²) < 4.78 is 16.1. The van der Waals surface area contributed by atoms with E-state index in [4.69, 9.17) is 14.2 Å². The Bertz CT molecular complexity index is 1060. The van der Waals surface area contributed by atoms with Crippen LogP contribution in [0.4, 0.5) is 0 Å². The minimum Gasteiger partial charge on any atom is -0.496 e. The molecule has 0 radical (unpaired) electrons. The van der Waals surface area contributed by atoms with Gasteiger partial charge in [-0.15, -0.1) is 0 Å². The largest absolute Gasteiger partial charge is 0.496 e. The molecule has 1 unspecified atom stereocenters. The number of aryl methyl sites for hydroxylation is 1. The SMILES string of the molecule is COc1cc(C)c(C=NNC(=O)C(NC(=O)c2ccc3c(c2)OCO3)C(C)C)cc1C(C)C. The number of carbonyl (C=O) groups is 2. The molecule has 1 aliphatic heterocycles. The van der Waals surface area contributed by atoms with E-state index in [-0.39, 0.29) is 24.5 Å². The van der Waals surface area contributed by atoms with E-state index in [2.05, 4.69) is 29.7 Å². The van der Waals surface area contributed by atoms with E-state index in [1.807, 2.05) is 32.9 Å². The number of benzene rings is 2. The molecule has 8 heteroatoms. The van der Waals surface area contributed by atoms with Gasteiger partial charge in [-0.1, -0.05) is 27.7 Å². The highest BCUT2D eigenvalue weighted by molar-refractivity contribution is 5.98. The molecule has 0 spiro atoms. The van der Waals surface area contributed by atoms with Crippen molar-refractivity contribution in [3.05, 3.63) is 52.6 Å². The van der Waals surface area contributed by atoms with Gasteiger partial charge in [0.2, 0.25) is 6.79 Å². The first-order chi connectivity index (χ1) is 15.7. The normalized spacial score (nSPS) is 13.5. The number of nitrogens with one attached hydrogen (secondary N) is 2. The van der Waals surface area contributed by atoms with Crippen LogP contribution >= 0.6 is 0 Å². The zero-order valence-corrected chi connectivity index (χ0v) is 19.9. The summed E-state index contributed by atoms with van der Waals surface area (Å²) in [6, 6.07) is 8.12. The van der Waals surface area contributed by atoms with Crippen molar-refractivity contribution >= 4 is 18.0 Å². The quantitative estimate of drug-likeness (QED) is 0.468. The standard InChI is InChI=1S/C25H31N3O5/c1-14(2)19-10-18(16(5)9-21(19)31-6)12-26-28-25(30)23(15(3)4)27-24(29)17-7-8-20-22(11-17)33-13-32-20/h7-12,14-15,23H,13H2,1-6H3,(H,27,29)(H,28,30). The molecule has 33 heavy (non-hydrogen) atoms. The smallest absolute Gasteiger partial charge is 0.262 e. The summed E-state index contributed by atoms with van der Waals surface area (Å²) >= 11 is 0. The Morgan fingerprint density at radius 1 is 1.09 bits per heavy atom. The fourth-order valence-electron chi connectivity index (χ4n) is 3.52. The fourth-order valence-corrected chi connectivity index (χ4v) is 3.52. The van der Waals surface area contributed by atoms with Crippen molar-refractivity contribution in [1.82, 2.24) is 10.7 Å². The van der Waals surface area contributed by atoms with Crippen molar-refractivity contribution in [3.8, 4) is 17.2 Å². The van der Waals surface area contributed by atoms with Crippen LogP contribution in [-0.2, 0) is 4.79 Å². The zero-order chi connectivity index (χ0) is 24.1. The molecule has 8 nitrogen and oxygen atoms in total. The number of nitrogens with zero attached hydrogens (tertiary/aromatic N) is 1.